The first kappa shape index (κ1) is 38.0. The predicted molar refractivity (Wildman–Crippen MR) is 279 cm³/mol. The first-order chi connectivity index (χ1) is 32.8. The van der Waals surface area contributed by atoms with E-state index in [2.05, 4.69) is 266 Å². The van der Waals surface area contributed by atoms with E-state index in [0.29, 0.717) is 0 Å². The summed E-state index contributed by atoms with van der Waals surface area (Å²) in [6.45, 7) is 0. The molecule has 0 amide bonds. The quantitative estimate of drug-likeness (QED) is 0.145. The lowest BCUT2D eigenvalue weighted by molar-refractivity contribution is 0.768. The van der Waals surface area contributed by atoms with E-state index < -0.39 is 5.41 Å². The van der Waals surface area contributed by atoms with Crippen LogP contribution in [-0.4, -0.2) is 0 Å². The van der Waals surface area contributed by atoms with Gasteiger partial charge in [0.25, 0.3) is 0 Å². The third-order valence-corrected chi connectivity index (χ3v) is 14.1. The van der Waals surface area contributed by atoms with E-state index in [1.54, 1.807) is 0 Å². The number of hydrogen-bond donors (Lipinski definition) is 0. The minimum Gasteiger partial charge on any atom is -0.310 e. The van der Waals surface area contributed by atoms with E-state index in [9.17, 15) is 0 Å². The molecule has 0 saturated heterocycles. The molecule has 0 radical (unpaired) electrons. The number of anilines is 3. The molecule has 12 aromatic carbocycles. The minimum absolute atomic E-state index is 0.541. The van der Waals surface area contributed by atoms with Crippen LogP contribution < -0.4 is 4.90 Å². The molecule has 13 rings (SSSR count). The summed E-state index contributed by atoms with van der Waals surface area (Å²) in [6.07, 6.45) is 0. The molecule has 0 aromatic heterocycles. The fourth-order valence-electron chi connectivity index (χ4n) is 11.3. The van der Waals surface area contributed by atoms with Crippen molar-refractivity contribution in [3.05, 3.63) is 283 Å². The van der Waals surface area contributed by atoms with E-state index in [1.807, 2.05) is 0 Å². The Morgan fingerprint density at radius 2 is 0.727 bits per heavy atom. The van der Waals surface area contributed by atoms with Gasteiger partial charge >= 0.3 is 0 Å². The predicted octanol–water partition coefficient (Wildman–Crippen LogP) is 17.5. The second kappa shape index (κ2) is 15.3. The molecule has 0 fully saturated rings. The fourth-order valence-corrected chi connectivity index (χ4v) is 11.3. The Morgan fingerprint density at radius 3 is 1.44 bits per heavy atom. The highest BCUT2D eigenvalue weighted by Gasteiger charge is 2.46. The Labute approximate surface area is 385 Å². The standard InChI is InChI=1S/C65H43N/c1-3-23-47(24-4-1)65(48-25-5-2-6-26-48)62-35-15-13-33-59(62)60-40-38-50(43-63(60)65)66(49-37-39-58-56-31-10-9-29-54(56)55-30-11-12-32-57(55)61(58)42-49)64-36-16-14-28-53(64)46-22-17-21-45(41-46)52-34-18-20-44-19-7-8-27-51(44)52/h1-43H. The molecule has 1 aliphatic carbocycles. The maximum Gasteiger partial charge on any atom is 0.0714 e. The van der Waals surface area contributed by atoms with Crippen LogP contribution in [-0.2, 0) is 5.41 Å². The van der Waals surface area contributed by atoms with Gasteiger partial charge in [-0.2, -0.15) is 0 Å². The van der Waals surface area contributed by atoms with Crippen LogP contribution in [0, 0.1) is 0 Å². The Morgan fingerprint density at radius 1 is 0.258 bits per heavy atom. The molecule has 1 aliphatic rings. The van der Waals surface area contributed by atoms with Gasteiger partial charge in [0.15, 0.2) is 0 Å². The van der Waals surface area contributed by atoms with Gasteiger partial charge in [0, 0.05) is 16.9 Å². The smallest absolute Gasteiger partial charge is 0.0714 e. The van der Waals surface area contributed by atoms with E-state index in [4.69, 9.17) is 0 Å². The lowest BCUT2D eigenvalue weighted by Gasteiger charge is -2.35. The Balaban J connectivity index is 1.09. The minimum atomic E-state index is -0.541. The summed E-state index contributed by atoms with van der Waals surface area (Å²) in [4.78, 5) is 2.51. The SMILES string of the molecule is c1ccc(C2(c3ccccc3)c3ccccc3-c3ccc(N(c4ccc5c6ccccc6c6ccccc6c5c4)c4ccccc4-c4cccc(-c5cccc6ccccc56)c4)cc32)cc1. The fraction of sp³-hybridized carbons (Fsp3) is 0.0154. The average Bonchev–Trinajstić information content (AvgIpc) is 3.69. The Bertz CT molecular complexity index is 3750. The van der Waals surface area contributed by atoms with Crippen LogP contribution in [0.2, 0.25) is 0 Å². The molecule has 0 saturated carbocycles. The summed E-state index contributed by atoms with van der Waals surface area (Å²) in [7, 11) is 0. The van der Waals surface area contributed by atoms with Gasteiger partial charge in [-0.3, -0.25) is 0 Å². The van der Waals surface area contributed by atoms with Crippen molar-refractivity contribution in [1.29, 1.82) is 0 Å². The first-order valence-electron chi connectivity index (χ1n) is 22.9. The van der Waals surface area contributed by atoms with Crippen LogP contribution >= 0.6 is 0 Å². The number of hydrogen-bond acceptors (Lipinski definition) is 1. The Hall–Kier alpha value is -8.52. The van der Waals surface area contributed by atoms with Gasteiger partial charge in [-0.05, 0) is 130 Å². The van der Waals surface area contributed by atoms with Crippen molar-refractivity contribution in [2.45, 2.75) is 5.41 Å². The lowest BCUT2D eigenvalue weighted by atomic mass is 9.67. The molecular formula is C65H43N. The summed E-state index contributed by atoms with van der Waals surface area (Å²) in [5, 5.41) is 10.0. The van der Waals surface area contributed by atoms with Gasteiger partial charge in [0.2, 0.25) is 0 Å². The van der Waals surface area contributed by atoms with Crippen LogP contribution in [0.15, 0.2) is 261 Å². The number of nitrogens with zero attached hydrogens (tertiary/aromatic N) is 1. The van der Waals surface area contributed by atoms with E-state index in [-0.39, 0.29) is 0 Å². The zero-order chi connectivity index (χ0) is 43.6. The molecule has 12 aromatic rings. The molecule has 0 aliphatic heterocycles. The normalized spacial score (nSPS) is 12.7. The molecule has 0 unspecified atom stereocenters. The molecule has 0 bridgehead atoms. The van der Waals surface area contributed by atoms with Gasteiger partial charge in [0.05, 0.1) is 11.1 Å². The number of benzene rings is 12. The third-order valence-electron chi connectivity index (χ3n) is 14.1. The first-order valence-corrected chi connectivity index (χ1v) is 22.9. The van der Waals surface area contributed by atoms with Crippen molar-refractivity contribution in [2.24, 2.45) is 0 Å². The van der Waals surface area contributed by atoms with Crippen LogP contribution in [0.25, 0.3) is 76.5 Å². The van der Waals surface area contributed by atoms with Crippen LogP contribution in [0.4, 0.5) is 17.1 Å². The van der Waals surface area contributed by atoms with Crippen molar-refractivity contribution in [3.63, 3.8) is 0 Å². The highest BCUT2D eigenvalue weighted by Crippen LogP contribution is 2.57. The zero-order valence-corrected chi connectivity index (χ0v) is 36.3. The zero-order valence-electron chi connectivity index (χ0n) is 36.3. The molecule has 0 N–H and O–H groups in total. The van der Waals surface area contributed by atoms with Crippen molar-refractivity contribution < 1.29 is 0 Å². The van der Waals surface area contributed by atoms with Gasteiger partial charge in [-0.1, -0.05) is 224 Å². The van der Waals surface area contributed by atoms with Gasteiger partial charge in [0.1, 0.15) is 0 Å². The highest BCUT2D eigenvalue weighted by molar-refractivity contribution is 6.26. The molecule has 1 nitrogen and oxygen atoms in total. The summed E-state index contributed by atoms with van der Waals surface area (Å²) in [6, 6.07) is 96.6. The molecule has 1 heteroatoms. The maximum atomic E-state index is 2.51. The van der Waals surface area contributed by atoms with E-state index >= 15 is 0 Å². The maximum absolute atomic E-state index is 2.51. The Kier molecular flexibility index (Phi) is 8.82. The van der Waals surface area contributed by atoms with Crippen molar-refractivity contribution in [2.75, 3.05) is 4.90 Å². The molecule has 0 spiro atoms. The van der Waals surface area contributed by atoms with Gasteiger partial charge in [-0.15, -0.1) is 0 Å². The van der Waals surface area contributed by atoms with E-state index in [1.165, 1.54) is 87.6 Å². The number of rotatable bonds is 7. The molecular weight excluding hydrogens is 795 g/mol. The summed E-state index contributed by atoms with van der Waals surface area (Å²) in [5.41, 5.74) is 15.1. The van der Waals surface area contributed by atoms with Crippen molar-refractivity contribution in [3.8, 4) is 33.4 Å². The average molecular weight is 838 g/mol. The second-order valence-electron chi connectivity index (χ2n) is 17.5. The van der Waals surface area contributed by atoms with Gasteiger partial charge < -0.3 is 4.90 Å². The van der Waals surface area contributed by atoms with Crippen LogP contribution in [0.3, 0.4) is 0 Å². The third kappa shape index (κ3) is 5.80. The van der Waals surface area contributed by atoms with Crippen molar-refractivity contribution in [1.82, 2.24) is 0 Å². The van der Waals surface area contributed by atoms with Crippen molar-refractivity contribution >= 4 is 60.2 Å². The lowest BCUT2D eigenvalue weighted by Crippen LogP contribution is -2.28. The second-order valence-corrected chi connectivity index (χ2v) is 17.5. The topological polar surface area (TPSA) is 3.24 Å². The highest BCUT2D eigenvalue weighted by atomic mass is 15.1. The summed E-state index contributed by atoms with van der Waals surface area (Å²) >= 11 is 0. The van der Waals surface area contributed by atoms with Crippen LogP contribution in [0.1, 0.15) is 22.3 Å². The monoisotopic (exact) mass is 837 g/mol. The largest absolute Gasteiger partial charge is 0.310 e. The van der Waals surface area contributed by atoms with Crippen LogP contribution in [0.5, 0.6) is 0 Å². The molecule has 308 valence electrons. The molecule has 66 heavy (non-hydrogen) atoms. The number of fused-ring (bicyclic) bond motifs is 10. The number of para-hydroxylation sites is 1. The molecule has 0 atom stereocenters. The van der Waals surface area contributed by atoms with Gasteiger partial charge in [-0.25, -0.2) is 0 Å². The summed E-state index contributed by atoms with van der Waals surface area (Å²) < 4.78 is 0. The van der Waals surface area contributed by atoms with E-state index in [0.717, 1.165) is 28.2 Å². The summed E-state index contributed by atoms with van der Waals surface area (Å²) in [5.74, 6) is 0. The molecule has 0 heterocycles.